The van der Waals surface area contributed by atoms with Crippen LogP contribution in [0.1, 0.15) is 23.4 Å². The first-order valence-corrected chi connectivity index (χ1v) is 8.16. The lowest BCUT2D eigenvalue weighted by Gasteiger charge is -2.08. The third-order valence-corrected chi connectivity index (χ3v) is 4.11. The van der Waals surface area contributed by atoms with E-state index >= 15 is 0 Å². The molecule has 24 heavy (non-hydrogen) atoms. The van der Waals surface area contributed by atoms with Gasteiger partial charge in [0.15, 0.2) is 5.82 Å². The second-order valence-corrected chi connectivity index (χ2v) is 6.34. The SMILES string of the molecule is O=c1c(Cl)ccnn1Cc1nc(C[C@H](O)c2ccc(Br)cc2)no1. The van der Waals surface area contributed by atoms with Gasteiger partial charge in [-0.3, -0.25) is 4.79 Å². The van der Waals surface area contributed by atoms with Gasteiger partial charge < -0.3 is 9.63 Å². The Hall–Kier alpha value is -2.03. The molecular formula is C15H12BrClN4O3. The maximum absolute atomic E-state index is 11.8. The Morgan fingerprint density at radius 1 is 1.29 bits per heavy atom. The first-order valence-electron chi connectivity index (χ1n) is 6.99. The summed E-state index contributed by atoms with van der Waals surface area (Å²) in [5, 5.41) is 18.0. The van der Waals surface area contributed by atoms with Crippen molar-refractivity contribution in [2.24, 2.45) is 0 Å². The highest BCUT2D eigenvalue weighted by Crippen LogP contribution is 2.19. The molecule has 0 fully saturated rings. The van der Waals surface area contributed by atoms with Crippen molar-refractivity contribution in [1.29, 1.82) is 0 Å². The highest BCUT2D eigenvalue weighted by Gasteiger charge is 2.15. The zero-order valence-corrected chi connectivity index (χ0v) is 14.6. The van der Waals surface area contributed by atoms with Gasteiger partial charge in [0.1, 0.15) is 11.6 Å². The lowest BCUT2D eigenvalue weighted by atomic mass is 10.1. The van der Waals surface area contributed by atoms with E-state index in [1.54, 1.807) is 0 Å². The number of aliphatic hydroxyl groups excluding tert-OH is 1. The highest BCUT2D eigenvalue weighted by molar-refractivity contribution is 9.10. The molecule has 7 nitrogen and oxygen atoms in total. The van der Waals surface area contributed by atoms with Crippen molar-refractivity contribution in [1.82, 2.24) is 19.9 Å². The van der Waals surface area contributed by atoms with Crippen LogP contribution in [0, 0.1) is 0 Å². The zero-order chi connectivity index (χ0) is 17.1. The van der Waals surface area contributed by atoms with Crippen molar-refractivity contribution in [3.8, 4) is 0 Å². The van der Waals surface area contributed by atoms with Gasteiger partial charge in [-0.2, -0.15) is 10.1 Å². The Kier molecular flexibility index (Phi) is 5.08. The molecular weight excluding hydrogens is 400 g/mol. The van der Waals surface area contributed by atoms with E-state index in [0.29, 0.717) is 5.82 Å². The summed E-state index contributed by atoms with van der Waals surface area (Å²) in [6, 6.07) is 8.72. The average Bonchev–Trinajstić information content (AvgIpc) is 2.99. The first-order chi connectivity index (χ1) is 11.5. The van der Waals surface area contributed by atoms with Crippen LogP contribution in [0.3, 0.4) is 0 Å². The van der Waals surface area contributed by atoms with Gasteiger partial charge in [-0.1, -0.05) is 44.8 Å². The largest absolute Gasteiger partial charge is 0.388 e. The number of rotatable bonds is 5. The van der Waals surface area contributed by atoms with Crippen molar-refractivity contribution < 1.29 is 9.63 Å². The highest BCUT2D eigenvalue weighted by atomic mass is 79.9. The molecule has 3 aromatic rings. The Morgan fingerprint density at radius 2 is 2.04 bits per heavy atom. The van der Waals surface area contributed by atoms with Crippen molar-refractivity contribution in [2.75, 3.05) is 0 Å². The fraction of sp³-hybridized carbons (Fsp3) is 0.200. The van der Waals surface area contributed by atoms with E-state index in [4.69, 9.17) is 16.1 Å². The lowest BCUT2D eigenvalue weighted by Crippen LogP contribution is -2.23. The molecule has 0 aliphatic heterocycles. The first kappa shape index (κ1) is 16.8. The molecule has 0 aliphatic rings. The van der Waals surface area contributed by atoms with E-state index < -0.39 is 11.7 Å². The quantitative estimate of drug-likeness (QED) is 0.693. The Morgan fingerprint density at radius 3 is 2.79 bits per heavy atom. The smallest absolute Gasteiger partial charge is 0.285 e. The Bertz CT molecular complexity index is 894. The van der Waals surface area contributed by atoms with Gasteiger partial charge in [0, 0.05) is 17.1 Å². The van der Waals surface area contributed by atoms with Crippen molar-refractivity contribution in [2.45, 2.75) is 19.1 Å². The maximum Gasteiger partial charge on any atom is 0.285 e. The summed E-state index contributed by atoms with van der Waals surface area (Å²) in [5.74, 6) is 0.556. The number of hydrogen-bond acceptors (Lipinski definition) is 6. The molecule has 124 valence electrons. The predicted molar refractivity (Wildman–Crippen MR) is 89.7 cm³/mol. The zero-order valence-electron chi connectivity index (χ0n) is 12.3. The van der Waals surface area contributed by atoms with Crippen LogP contribution in [0.25, 0.3) is 0 Å². The van der Waals surface area contributed by atoms with Crippen molar-refractivity contribution in [3.63, 3.8) is 0 Å². The van der Waals surface area contributed by atoms with Crippen LogP contribution < -0.4 is 5.56 Å². The summed E-state index contributed by atoms with van der Waals surface area (Å²) in [4.78, 5) is 16.0. The number of aromatic nitrogens is 4. The predicted octanol–water partition coefficient (Wildman–Crippen LogP) is 2.37. The topological polar surface area (TPSA) is 94.0 Å². The molecule has 0 saturated heterocycles. The summed E-state index contributed by atoms with van der Waals surface area (Å²) in [6.45, 7) is 0.0147. The molecule has 0 bridgehead atoms. The van der Waals surface area contributed by atoms with Gasteiger partial charge in [-0.25, -0.2) is 4.68 Å². The molecule has 0 saturated carbocycles. The van der Waals surface area contributed by atoms with Crippen molar-refractivity contribution in [3.05, 3.63) is 73.7 Å². The molecule has 0 unspecified atom stereocenters. The molecule has 1 atom stereocenters. The molecule has 2 aromatic heterocycles. The normalized spacial score (nSPS) is 12.3. The standard InChI is InChI=1S/C15H12BrClN4O3/c16-10-3-1-9(2-4-10)12(22)7-13-19-14(24-20-13)8-21-15(23)11(17)5-6-18-21/h1-6,12,22H,7-8H2/t12-/m0/s1. The molecule has 0 amide bonds. The van der Waals surface area contributed by atoms with Gasteiger partial charge in [0.05, 0.1) is 6.10 Å². The second kappa shape index (κ2) is 7.25. The number of hydrogen-bond donors (Lipinski definition) is 1. The van der Waals surface area contributed by atoms with Gasteiger partial charge >= 0.3 is 0 Å². The molecule has 3 rings (SSSR count). The average molecular weight is 412 g/mol. The fourth-order valence-electron chi connectivity index (χ4n) is 2.08. The van der Waals surface area contributed by atoms with Crippen LogP contribution in [0.5, 0.6) is 0 Å². The van der Waals surface area contributed by atoms with Gasteiger partial charge in [-0.15, -0.1) is 0 Å². The minimum absolute atomic E-state index is 0.0147. The second-order valence-electron chi connectivity index (χ2n) is 5.02. The molecule has 0 radical (unpaired) electrons. The van der Waals surface area contributed by atoms with Crippen LogP contribution in [-0.2, 0) is 13.0 Å². The summed E-state index contributed by atoms with van der Waals surface area (Å²) in [5.41, 5.74) is 0.311. The lowest BCUT2D eigenvalue weighted by molar-refractivity contribution is 0.174. The van der Waals surface area contributed by atoms with E-state index in [9.17, 15) is 9.90 Å². The van der Waals surface area contributed by atoms with Crippen LogP contribution in [-0.4, -0.2) is 25.0 Å². The number of nitrogens with zero attached hydrogens (tertiary/aromatic N) is 4. The number of aliphatic hydroxyl groups is 1. The number of benzene rings is 1. The van der Waals surface area contributed by atoms with Gasteiger partial charge in [0.2, 0.25) is 5.89 Å². The van der Waals surface area contributed by atoms with Gasteiger partial charge in [0.25, 0.3) is 5.56 Å². The minimum Gasteiger partial charge on any atom is -0.388 e. The summed E-state index contributed by atoms with van der Waals surface area (Å²) < 4.78 is 7.16. The van der Waals surface area contributed by atoms with E-state index in [0.717, 1.165) is 14.7 Å². The fourth-order valence-corrected chi connectivity index (χ4v) is 2.50. The summed E-state index contributed by atoms with van der Waals surface area (Å²) >= 11 is 9.10. The molecule has 9 heteroatoms. The summed E-state index contributed by atoms with van der Waals surface area (Å²) in [6.07, 6.45) is 0.858. The summed E-state index contributed by atoms with van der Waals surface area (Å²) in [7, 11) is 0. The Labute approximate surface area is 150 Å². The third-order valence-electron chi connectivity index (χ3n) is 3.29. The van der Waals surface area contributed by atoms with Crippen molar-refractivity contribution >= 4 is 27.5 Å². The third kappa shape index (κ3) is 3.89. The molecule has 1 N–H and O–H groups in total. The van der Waals surface area contributed by atoms with Crippen LogP contribution in [0.4, 0.5) is 0 Å². The Balaban J connectivity index is 1.70. The minimum atomic E-state index is -0.754. The number of halogens is 2. The van der Waals surface area contributed by atoms with E-state index in [2.05, 4.69) is 31.2 Å². The van der Waals surface area contributed by atoms with E-state index in [-0.39, 0.29) is 23.9 Å². The van der Waals surface area contributed by atoms with E-state index in [1.807, 2.05) is 24.3 Å². The molecule has 0 aliphatic carbocycles. The van der Waals surface area contributed by atoms with Crippen LogP contribution in [0.2, 0.25) is 5.02 Å². The van der Waals surface area contributed by atoms with Crippen LogP contribution in [0.15, 0.2) is 50.3 Å². The van der Waals surface area contributed by atoms with E-state index in [1.165, 1.54) is 12.3 Å². The molecule has 1 aromatic carbocycles. The monoisotopic (exact) mass is 410 g/mol. The molecule has 2 heterocycles. The molecule has 0 spiro atoms. The maximum atomic E-state index is 11.8. The van der Waals surface area contributed by atoms with Gasteiger partial charge in [-0.05, 0) is 23.8 Å². The van der Waals surface area contributed by atoms with Crippen LogP contribution >= 0.6 is 27.5 Å².